The Morgan fingerprint density at radius 1 is 1.39 bits per heavy atom. The molecule has 1 aliphatic rings. The van der Waals surface area contributed by atoms with Gasteiger partial charge < -0.3 is 4.84 Å². The molecule has 1 saturated carbocycles. The molecule has 0 aliphatic heterocycles. The number of unbranched alkanes of at least 4 members (excludes halogenated alkanes) is 2. The quantitative estimate of drug-likeness (QED) is 0.361. The van der Waals surface area contributed by atoms with E-state index in [0.717, 1.165) is 38.2 Å². The number of hydrogen-bond acceptors (Lipinski definition) is 2. The highest BCUT2D eigenvalue weighted by molar-refractivity contribution is 5.87. The largest absolute Gasteiger partial charge is 0.396 e. The molecule has 1 fully saturated rings. The number of hydrogen-bond donors (Lipinski definition) is 0. The van der Waals surface area contributed by atoms with E-state index in [2.05, 4.69) is 32.5 Å². The van der Waals surface area contributed by atoms with Crippen molar-refractivity contribution in [3.05, 3.63) is 12.7 Å². The van der Waals surface area contributed by atoms with Crippen molar-refractivity contribution in [2.75, 3.05) is 6.61 Å². The molecular formula is C16H29NO. The van der Waals surface area contributed by atoms with E-state index in [-0.39, 0.29) is 0 Å². The van der Waals surface area contributed by atoms with E-state index in [1.165, 1.54) is 18.6 Å². The summed E-state index contributed by atoms with van der Waals surface area (Å²) in [6.07, 6.45) is 8.99. The highest BCUT2D eigenvalue weighted by atomic mass is 16.6. The summed E-state index contributed by atoms with van der Waals surface area (Å²) in [5, 5.41) is 4.42. The van der Waals surface area contributed by atoms with Crippen molar-refractivity contribution < 1.29 is 4.84 Å². The van der Waals surface area contributed by atoms with E-state index in [9.17, 15) is 0 Å². The number of oxime groups is 1. The smallest absolute Gasteiger partial charge is 0.117 e. The fourth-order valence-electron chi connectivity index (χ4n) is 2.65. The molecule has 0 N–H and O–H groups in total. The standard InChI is InChI=1S/C16H29NO/c1-5-6-7-8-11-18-17-16-12-14(4)9-10-15(16)13(2)3/h5,13-15H,1,6-12H2,2-4H3/b17-16-/t14-,15+/m1/s1. The zero-order chi connectivity index (χ0) is 13.4. The van der Waals surface area contributed by atoms with E-state index in [4.69, 9.17) is 4.84 Å². The Kier molecular flexibility index (Phi) is 7.07. The molecular weight excluding hydrogens is 222 g/mol. The molecule has 2 heteroatoms. The molecule has 0 bridgehead atoms. The van der Waals surface area contributed by atoms with Crippen molar-refractivity contribution in [1.82, 2.24) is 0 Å². The van der Waals surface area contributed by atoms with Crippen LogP contribution in [0.15, 0.2) is 17.8 Å². The third kappa shape index (κ3) is 5.24. The summed E-state index contributed by atoms with van der Waals surface area (Å²) in [6, 6.07) is 0. The van der Waals surface area contributed by atoms with Crippen LogP contribution in [0.5, 0.6) is 0 Å². The zero-order valence-corrected chi connectivity index (χ0v) is 12.3. The van der Waals surface area contributed by atoms with Gasteiger partial charge in [-0.1, -0.05) is 32.0 Å². The molecule has 0 aromatic carbocycles. The van der Waals surface area contributed by atoms with E-state index >= 15 is 0 Å². The molecule has 0 saturated heterocycles. The summed E-state index contributed by atoms with van der Waals surface area (Å²) in [5.41, 5.74) is 1.30. The molecule has 104 valence electrons. The highest BCUT2D eigenvalue weighted by Gasteiger charge is 2.27. The van der Waals surface area contributed by atoms with Gasteiger partial charge in [0.05, 0.1) is 5.71 Å². The Morgan fingerprint density at radius 2 is 2.17 bits per heavy atom. The van der Waals surface area contributed by atoms with E-state index in [0.29, 0.717) is 11.8 Å². The lowest BCUT2D eigenvalue weighted by Crippen LogP contribution is -2.28. The normalized spacial score (nSPS) is 26.6. The van der Waals surface area contributed by atoms with E-state index in [1.807, 2.05) is 6.08 Å². The minimum absolute atomic E-state index is 0.634. The summed E-state index contributed by atoms with van der Waals surface area (Å²) >= 11 is 0. The van der Waals surface area contributed by atoms with Gasteiger partial charge in [-0.05, 0) is 50.4 Å². The highest BCUT2D eigenvalue weighted by Crippen LogP contribution is 2.31. The van der Waals surface area contributed by atoms with Gasteiger partial charge >= 0.3 is 0 Å². The minimum atomic E-state index is 0.634. The average Bonchev–Trinajstić information content (AvgIpc) is 2.33. The Bertz CT molecular complexity index is 270. The summed E-state index contributed by atoms with van der Waals surface area (Å²) in [6.45, 7) is 11.4. The number of allylic oxidation sites excluding steroid dienone is 1. The van der Waals surface area contributed by atoms with Crippen molar-refractivity contribution in [3.8, 4) is 0 Å². The second-order valence-electron chi connectivity index (χ2n) is 5.94. The molecule has 0 spiro atoms. The van der Waals surface area contributed by atoms with Gasteiger partial charge in [-0.3, -0.25) is 0 Å². The fourth-order valence-corrected chi connectivity index (χ4v) is 2.65. The summed E-state index contributed by atoms with van der Waals surface area (Å²) in [7, 11) is 0. The van der Waals surface area contributed by atoms with Gasteiger partial charge in [0.2, 0.25) is 0 Å². The topological polar surface area (TPSA) is 21.6 Å². The van der Waals surface area contributed by atoms with Crippen LogP contribution in [0.25, 0.3) is 0 Å². The first-order valence-electron chi connectivity index (χ1n) is 7.44. The average molecular weight is 251 g/mol. The van der Waals surface area contributed by atoms with Gasteiger partial charge in [-0.2, -0.15) is 0 Å². The van der Waals surface area contributed by atoms with Gasteiger partial charge in [0.15, 0.2) is 0 Å². The third-order valence-corrected chi connectivity index (χ3v) is 3.84. The summed E-state index contributed by atoms with van der Waals surface area (Å²) < 4.78 is 0. The molecule has 0 aromatic heterocycles. The molecule has 1 aliphatic carbocycles. The predicted octanol–water partition coefficient (Wildman–Crippen LogP) is 4.81. The van der Waals surface area contributed by atoms with Crippen molar-refractivity contribution in [2.24, 2.45) is 22.9 Å². The van der Waals surface area contributed by atoms with E-state index < -0.39 is 0 Å². The monoisotopic (exact) mass is 251 g/mol. The number of rotatable bonds is 7. The Balaban J connectivity index is 2.36. The summed E-state index contributed by atoms with van der Waals surface area (Å²) in [5.74, 6) is 2.08. The van der Waals surface area contributed by atoms with Crippen LogP contribution < -0.4 is 0 Å². The lowest BCUT2D eigenvalue weighted by molar-refractivity contribution is 0.135. The maximum absolute atomic E-state index is 5.50. The van der Waals surface area contributed by atoms with Crippen LogP contribution in [-0.2, 0) is 4.84 Å². The molecule has 0 radical (unpaired) electrons. The lowest BCUT2D eigenvalue weighted by atomic mass is 9.76. The van der Waals surface area contributed by atoms with Crippen LogP contribution in [0.3, 0.4) is 0 Å². The lowest BCUT2D eigenvalue weighted by Gasteiger charge is -2.30. The molecule has 0 heterocycles. The van der Waals surface area contributed by atoms with Gasteiger partial charge in [0.1, 0.15) is 6.61 Å². The zero-order valence-electron chi connectivity index (χ0n) is 12.3. The Morgan fingerprint density at radius 3 is 2.83 bits per heavy atom. The van der Waals surface area contributed by atoms with Crippen molar-refractivity contribution in [1.29, 1.82) is 0 Å². The van der Waals surface area contributed by atoms with Gasteiger partial charge in [-0.25, -0.2) is 0 Å². The maximum Gasteiger partial charge on any atom is 0.117 e. The van der Waals surface area contributed by atoms with Gasteiger partial charge in [0, 0.05) is 5.92 Å². The molecule has 0 amide bonds. The molecule has 18 heavy (non-hydrogen) atoms. The maximum atomic E-state index is 5.50. The second kappa shape index (κ2) is 8.34. The molecule has 1 rings (SSSR count). The first-order valence-corrected chi connectivity index (χ1v) is 7.44. The second-order valence-corrected chi connectivity index (χ2v) is 5.94. The van der Waals surface area contributed by atoms with Crippen molar-refractivity contribution in [2.45, 2.75) is 59.3 Å². The van der Waals surface area contributed by atoms with Gasteiger partial charge in [0.25, 0.3) is 0 Å². The van der Waals surface area contributed by atoms with Crippen LogP contribution in [0.4, 0.5) is 0 Å². The number of nitrogens with zero attached hydrogens (tertiary/aromatic N) is 1. The fraction of sp³-hybridized carbons (Fsp3) is 0.812. The Hall–Kier alpha value is -0.790. The van der Waals surface area contributed by atoms with Crippen LogP contribution in [0.1, 0.15) is 59.3 Å². The Labute approximate surface area is 112 Å². The molecule has 0 aromatic rings. The van der Waals surface area contributed by atoms with Crippen LogP contribution in [0, 0.1) is 17.8 Å². The SMILES string of the molecule is C=CCCCCO/N=C1/C[C@H](C)CC[C@H]1C(C)C. The van der Waals surface area contributed by atoms with E-state index in [1.54, 1.807) is 0 Å². The molecule has 2 atom stereocenters. The third-order valence-electron chi connectivity index (χ3n) is 3.84. The first-order chi connectivity index (χ1) is 8.65. The predicted molar refractivity (Wildman–Crippen MR) is 78.8 cm³/mol. The first kappa shape index (κ1) is 15.3. The molecule has 0 unspecified atom stereocenters. The van der Waals surface area contributed by atoms with Crippen LogP contribution in [0.2, 0.25) is 0 Å². The molecule has 2 nitrogen and oxygen atoms in total. The van der Waals surface area contributed by atoms with Crippen molar-refractivity contribution in [3.63, 3.8) is 0 Å². The van der Waals surface area contributed by atoms with Crippen LogP contribution in [-0.4, -0.2) is 12.3 Å². The summed E-state index contributed by atoms with van der Waals surface area (Å²) in [4.78, 5) is 5.50. The van der Waals surface area contributed by atoms with Gasteiger partial charge in [-0.15, -0.1) is 6.58 Å². The minimum Gasteiger partial charge on any atom is -0.396 e. The van der Waals surface area contributed by atoms with Crippen LogP contribution >= 0.6 is 0 Å². The van der Waals surface area contributed by atoms with Crippen molar-refractivity contribution >= 4 is 5.71 Å².